The van der Waals surface area contributed by atoms with E-state index in [0.29, 0.717) is 12.8 Å². The molecule has 42 heavy (non-hydrogen) atoms. The van der Waals surface area contributed by atoms with Gasteiger partial charge in [0, 0.05) is 23.7 Å². The fraction of sp³-hybridized carbons (Fsp3) is 0.697. The predicted octanol–water partition coefficient (Wildman–Crippen LogP) is 4.30. The van der Waals surface area contributed by atoms with Crippen molar-refractivity contribution in [1.82, 2.24) is 0 Å². The van der Waals surface area contributed by atoms with Crippen LogP contribution in [0.1, 0.15) is 68.2 Å². The number of cyclic esters (lactones) is 1. The number of esters is 1. The first kappa shape index (κ1) is 37.6. The van der Waals surface area contributed by atoms with Crippen molar-refractivity contribution in [2.75, 3.05) is 0 Å². The molecule has 9 heteroatoms. The molecule has 1 heterocycles. The van der Waals surface area contributed by atoms with Gasteiger partial charge < -0.3 is 35.6 Å². The molecule has 0 bridgehead atoms. The quantitative estimate of drug-likeness (QED) is 0.101. The van der Waals surface area contributed by atoms with Crippen molar-refractivity contribution in [3.8, 4) is 0 Å². The highest BCUT2D eigenvalue weighted by atomic mass is 16.6. The molecule has 1 saturated heterocycles. The van der Waals surface area contributed by atoms with Crippen LogP contribution in [0.5, 0.6) is 0 Å². The van der Waals surface area contributed by atoms with E-state index in [2.05, 4.69) is 6.58 Å². The summed E-state index contributed by atoms with van der Waals surface area (Å²) in [6, 6.07) is 0. The lowest BCUT2D eigenvalue weighted by atomic mass is 9.81. The van der Waals surface area contributed by atoms with Crippen molar-refractivity contribution in [1.29, 1.82) is 0 Å². The Labute approximate surface area is 252 Å². The summed E-state index contributed by atoms with van der Waals surface area (Å²) in [4.78, 5) is 23.5. The monoisotopic (exact) mass is 593 g/mol. The average molecular weight is 594 g/mol. The highest BCUT2D eigenvalue weighted by Gasteiger charge is 2.40. The van der Waals surface area contributed by atoms with Crippen LogP contribution >= 0.6 is 0 Å². The van der Waals surface area contributed by atoms with E-state index in [1.165, 1.54) is 0 Å². The third kappa shape index (κ3) is 11.3. The van der Waals surface area contributed by atoms with Gasteiger partial charge in [0.05, 0.1) is 30.3 Å². The second kappa shape index (κ2) is 17.6. The van der Waals surface area contributed by atoms with E-state index < -0.39 is 60.5 Å². The molecule has 240 valence electrons. The average Bonchev–Trinajstić information content (AvgIpc) is 2.93. The summed E-state index contributed by atoms with van der Waals surface area (Å²) in [5.41, 5.74) is 6.23. The third-order valence-electron chi connectivity index (χ3n) is 8.56. The number of amides is 1. The lowest BCUT2D eigenvalue weighted by molar-refractivity contribution is -0.178. The first-order valence-electron chi connectivity index (χ1n) is 15.0. The van der Waals surface area contributed by atoms with Crippen molar-refractivity contribution in [2.45, 2.75) is 105 Å². The standard InChI is InChI=1S/C33H55NO8/c1-10-11-12-20(4)31(42-33(34)40)24(8)28(36)21(5)15-19(3)16-22(6)29(37)26(35)14-13-18(2)17-27-23(7)30(38)25(9)32(39)41-27/h10-14,16,18,20-31,35-38H,1,15,17H2,2-9H3,(H2,34,40)/b12-11-,14-13-,19-16-/t18-,20+,21+,22+,23+,24+,25-,26+,27+,28-,29-,30+,31+/m1/s1. The first-order chi connectivity index (χ1) is 19.5. The maximum absolute atomic E-state index is 12.0. The fourth-order valence-corrected chi connectivity index (χ4v) is 5.76. The van der Waals surface area contributed by atoms with Crippen molar-refractivity contribution in [3.63, 3.8) is 0 Å². The van der Waals surface area contributed by atoms with Crippen LogP contribution in [0.3, 0.4) is 0 Å². The zero-order valence-electron chi connectivity index (χ0n) is 26.6. The van der Waals surface area contributed by atoms with Crippen LogP contribution in [0.25, 0.3) is 0 Å². The summed E-state index contributed by atoms with van der Waals surface area (Å²) in [6.45, 7) is 18.4. The van der Waals surface area contributed by atoms with Crippen molar-refractivity contribution in [3.05, 3.63) is 48.6 Å². The summed E-state index contributed by atoms with van der Waals surface area (Å²) in [6.07, 6.45) is 5.86. The molecule has 0 unspecified atom stereocenters. The van der Waals surface area contributed by atoms with E-state index in [1.807, 2.05) is 60.6 Å². The van der Waals surface area contributed by atoms with E-state index in [0.717, 1.165) is 5.57 Å². The highest BCUT2D eigenvalue weighted by Crippen LogP contribution is 2.31. The van der Waals surface area contributed by atoms with E-state index in [1.54, 1.807) is 31.2 Å². The lowest BCUT2D eigenvalue weighted by Crippen LogP contribution is -2.47. The van der Waals surface area contributed by atoms with Gasteiger partial charge in [-0.25, -0.2) is 4.79 Å². The molecular formula is C33H55NO8. The Bertz CT molecular complexity index is 962. The number of hydrogen-bond donors (Lipinski definition) is 5. The van der Waals surface area contributed by atoms with Gasteiger partial charge in [-0.15, -0.1) is 0 Å². The van der Waals surface area contributed by atoms with Gasteiger partial charge in [0.15, 0.2) is 0 Å². The number of rotatable bonds is 16. The van der Waals surface area contributed by atoms with E-state index in [9.17, 15) is 30.0 Å². The minimum absolute atomic E-state index is 0.0537. The molecule has 6 N–H and O–H groups in total. The van der Waals surface area contributed by atoms with Crippen molar-refractivity contribution >= 4 is 12.1 Å². The van der Waals surface area contributed by atoms with E-state index >= 15 is 0 Å². The van der Waals surface area contributed by atoms with Crippen LogP contribution in [0.4, 0.5) is 4.79 Å². The van der Waals surface area contributed by atoms with E-state index in [4.69, 9.17) is 15.2 Å². The Hall–Kier alpha value is -2.46. The summed E-state index contributed by atoms with van der Waals surface area (Å²) in [5.74, 6) is -2.33. The topological polar surface area (TPSA) is 160 Å². The minimum Gasteiger partial charge on any atom is -0.462 e. The second-order valence-corrected chi connectivity index (χ2v) is 12.5. The highest BCUT2D eigenvalue weighted by molar-refractivity contribution is 5.73. The molecule has 13 atom stereocenters. The van der Waals surface area contributed by atoms with Gasteiger partial charge in [-0.1, -0.05) is 90.2 Å². The minimum atomic E-state index is -1.11. The molecule has 1 fully saturated rings. The molecule has 1 aliphatic rings. The molecule has 0 spiro atoms. The van der Waals surface area contributed by atoms with Gasteiger partial charge in [-0.3, -0.25) is 4.79 Å². The summed E-state index contributed by atoms with van der Waals surface area (Å²) in [7, 11) is 0. The predicted molar refractivity (Wildman–Crippen MR) is 164 cm³/mol. The molecule has 0 saturated carbocycles. The number of hydrogen-bond acceptors (Lipinski definition) is 8. The van der Waals surface area contributed by atoms with Crippen LogP contribution in [-0.2, 0) is 14.3 Å². The number of primary amides is 1. The number of ether oxygens (including phenoxy) is 2. The Morgan fingerprint density at radius 2 is 1.67 bits per heavy atom. The van der Waals surface area contributed by atoms with Gasteiger partial charge in [-0.05, 0) is 38.5 Å². The van der Waals surface area contributed by atoms with E-state index in [-0.39, 0.29) is 29.6 Å². The summed E-state index contributed by atoms with van der Waals surface area (Å²) >= 11 is 0. The SMILES string of the molecule is C=C/C=C\[C@H](C)[C@H](OC(N)=O)[C@@H](C)[C@H](O)[C@@H](C)C/C(C)=C\[C@H](C)[C@@H](O)[C@@H](O)/C=C\[C@@H](C)C[C@@H]1OC(=O)[C@H](C)[C@@H](O)[C@H]1C. The number of carbonyl (C=O) groups is 2. The van der Waals surface area contributed by atoms with Gasteiger partial charge in [0.25, 0.3) is 0 Å². The number of carbonyl (C=O) groups excluding carboxylic acids is 2. The first-order valence-corrected chi connectivity index (χ1v) is 15.0. The number of aliphatic hydroxyl groups is 4. The normalized spacial score (nSPS) is 28.3. The molecule has 9 nitrogen and oxygen atoms in total. The summed E-state index contributed by atoms with van der Waals surface area (Å²) in [5, 5.41) is 42.8. The Morgan fingerprint density at radius 1 is 1.05 bits per heavy atom. The van der Waals surface area contributed by atoms with Crippen LogP contribution in [-0.4, -0.2) is 69.1 Å². The smallest absolute Gasteiger partial charge is 0.404 e. The van der Waals surface area contributed by atoms with Crippen LogP contribution < -0.4 is 5.73 Å². The largest absolute Gasteiger partial charge is 0.462 e. The fourth-order valence-electron chi connectivity index (χ4n) is 5.76. The molecule has 0 aliphatic carbocycles. The molecule has 1 aliphatic heterocycles. The number of allylic oxidation sites excluding steroid dienone is 4. The van der Waals surface area contributed by atoms with Crippen LogP contribution in [0.15, 0.2) is 48.6 Å². The Balaban J connectivity index is 2.76. The number of nitrogens with two attached hydrogens (primary N) is 1. The van der Waals surface area contributed by atoms with Gasteiger partial charge >= 0.3 is 12.1 Å². The van der Waals surface area contributed by atoms with Crippen LogP contribution in [0.2, 0.25) is 0 Å². The van der Waals surface area contributed by atoms with Crippen molar-refractivity contribution < 1.29 is 39.5 Å². The number of aliphatic hydroxyl groups excluding tert-OH is 4. The zero-order valence-corrected chi connectivity index (χ0v) is 26.6. The molecule has 0 aromatic carbocycles. The lowest BCUT2D eigenvalue weighted by Gasteiger charge is -2.37. The third-order valence-corrected chi connectivity index (χ3v) is 8.56. The summed E-state index contributed by atoms with van der Waals surface area (Å²) < 4.78 is 10.9. The van der Waals surface area contributed by atoms with Gasteiger partial charge in [0.2, 0.25) is 0 Å². The molecule has 0 aromatic rings. The van der Waals surface area contributed by atoms with Gasteiger partial charge in [0.1, 0.15) is 12.2 Å². The Morgan fingerprint density at radius 3 is 2.24 bits per heavy atom. The zero-order chi connectivity index (χ0) is 32.3. The molecular weight excluding hydrogens is 538 g/mol. The maximum atomic E-state index is 12.0. The molecule has 0 aromatic heterocycles. The molecule has 0 radical (unpaired) electrons. The maximum Gasteiger partial charge on any atom is 0.404 e. The molecule has 1 amide bonds. The van der Waals surface area contributed by atoms with Gasteiger partial charge in [-0.2, -0.15) is 0 Å². The molecule has 1 rings (SSSR count). The van der Waals surface area contributed by atoms with Crippen LogP contribution in [0, 0.1) is 41.4 Å². The van der Waals surface area contributed by atoms with Crippen molar-refractivity contribution in [2.24, 2.45) is 47.2 Å². The second-order valence-electron chi connectivity index (χ2n) is 12.5. The Kier molecular flexibility index (Phi) is 15.7.